The molecule has 1 aromatic heterocycles. The predicted octanol–water partition coefficient (Wildman–Crippen LogP) is 3.10. The molecule has 0 amide bonds. The summed E-state index contributed by atoms with van der Waals surface area (Å²) < 4.78 is 1.27. The Morgan fingerprint density at radius 1 is 1.67 bits per heavy atom. The Bertz CT molecular complexity index is 255. The number of rotatable bonds is 3. The van der Waals surface area contributed by atoms with Crippen molar-refractivity contribution in [2.45, 2.75) is 32.7 Å². The fraction of sp³-hybridized carbons (Fsp3) is 0.556. The smallest absolute Gasteiger partial charge is 0.0343 e. The van der Waals surface area contributed by atoms with Gasteiger partial charge in [0.05, 0.1) is 0 Å². The topological polar surface area (TPSA) is 26.0 Å². The molecule has 0 unspecified atom stereocenters. The van der Waals surface area contributed by atoms with Crippen LogP contribution in [0.4, 0.5) is 0 Å². The molecule has 1 rings (SSSR count). The molecule has 0 saturated carbocycles. The van der Waals surface area contributed by atoms with Crippen molar-refractivity contribution in [1.82, 2.24) is 0 Å². The fourth-order valence-corrected chi connectivity index (χ4v) is 2.69. The van der Waals surface area contributed by atoms with E-state index in [9.17, 15) is 0 Å². The molecular formula is C9H14BrNS. The third-order valence-corrected chi connectivity index (χ3v) is 4.33. The molecule has 0 aliphatic carbocycles. The van der Waals surface area contributed by atoms with Crippen LogP contribution < -0.4 is 5.73 Å². The Kier molecular flexibility index (Phi) is 3.75. The Hall–Kier alpha value is 0.140. The van der Waals surface area contributed by atoms with Gasteiger partial charge in [-0.25, -0.2) is 0 Å². The lowest BCUT2D eigenvalue weighted by molar-refractivity contribution is 0.669. The second-order valence-corrected chi connectivity index (χ2v) is 4.93. The highest BCUT2D eigenvalue weighted by Gasteiger charge is 2.05. The minimum atomic E-state index is 0.305. The second-order valence-electron chi connectivity index (χ2n) is 3.17. The van der Waals surface area contributed by atoms with Gasteiger partial charge in [0.25, 0.3) is 0 Å². The largest absolute Gasteiger partial charge is 0.328 e. The van der Waals surface area contributed by atoms with E-state index >= 15 is 0 Å². The van der Waals surface area contributed by atoms with Crippen molar-refractivity contribution in [3.05, 3.63) is 20.3 Å². The van der Waals surface area contributed by atoms with Crippen molar-refractivity contribution in [3.8, 4) is 0 Å². The van der Waals surface area contributed by atoms with E-state index in [1.807, 2.05) is 18.3 Å². The van der Waals surface area contributed by atoms with Crippen molar-refractivity contribution in [2.75, 3.05) is 0 Å². The predicted molar refractivity (Wildman–Crippen MR) is 58.7 cm³/mol. The van der Waals surface area contributed by atoms with Crippen molar-refractivity contribution >= 4 is 27.3 Å². The van der Waals surface area contributed by atoms with Crippen molar-refractivity contribution in [1.29, 1.82) is 0 Å². The number of hydrogen-bond acceptors (Lipinski definition) is 2. The zero-order valence-corrected chi connectivity index (χ0v) is 9.83. The zero-order valence-electron chi connectivity index (χ0n) is 7.43. The van der Waals surface area contributed by atoms with E-state index < -0.39 is 0 Å². The molecule has 68 valence electrons. The standard InChI is InChI=1S/C9H14BrNS/c1-6-5-12-8(9(6)10)4-3-7(2)11/h5,7H,3-4,11H2,1-2H3/t7-/m1/s1. The first-order valence-electron chi connectivity index (χ1n) is 4.09. The van der Waals surface area contributed by atoms with Gasteiger partial charge in [0, 0.05) is 15.4 Å². The van der Waals surface area contributed by atoms with E-state index in [4.69, 9.17) is 5.73 Å². The van der Waals surface area contributed by atoms with Crippen LogP contribution in [0.15, 0.2) is 9.85 Å². The van der Waals surface area contributed by atoms with Gasteiger partial charge in [0.1, 0.15) is 0 Å². The Morgan fingerprint density at radius 3 is 2.75 bits per heavy atom. The molecule has 12 heavy (non-hydrogen) atoms. The number of hydrogen-bond donors (Lipinski definition) is 1. The number of thiophene rings is 1. The number of nitrogens with two attached hydrogens (primary N) is 1. The van der Waals surface area contributed by atoms with E-state index in [-0.39, 0.29) is 0 Å². The molecule has 0 saturated heterocycles. The summed E-state index contributed by atoms with van der Waals surface area (Å²) in [6, 6.07) is 0.305. The minimum Gasteiger partial charge on any atom is -0.328 e. The molecule has 0 fully saturated rings. The van der Waals surface area contributed by atoms with Crippen LogP contribution in [0, 0.1) is 6.92 Å². The van der Waals surface area contributed by atoms with Crippen LogP contribution in [-0.4, -0.2) is 6.04 Å². The van der Waals surface area contributed by atoms with Gasteiger partial charge in [-0.15, -0.1) is 11.3 Å². The van der Waals surface area contributed by atoms with E-state index in [1.54, 1.807) is 0 Å². The van der Waals surface area contributed by atoms with Crippen LogP contribution in [0.2, 0.25) is 0 Å². The molecule has 1 atom stereocenters. The second kappa shape index (κ2) is 4.40. The summed E-state index contributed by atoms with van der Waals surface area (Å²) in [5.74, 6) is 0. The summed E-state index contributed by atoms with van der Waals surface area (Å²) in [6.45, 7) is 4.17. The average Bonchev–Trinajstić information content (AvgIpc) is 2.30. The SMILES string of the molecule is Cc1csc(CC[C@@H](C)N)c1Br. The molecule has 0 aliphatic rings. The molecular weight excluding hydrogens is 234 g/mol. The normalized spacial score (nSPS) is 13.3. The summed E-state index contributed by atoms with van der Waals surface area (Å²) in [5.41, 5.74) is 7.02. The molecule has 0 bridgehead atoms. The molecule has 3 heteroatoms. The maximum atomic E-state index is 5.69. The maximum Gasteiger partial charge on any atom is 0.0343 e. The number of aryl methyl sites for hydroxylation is 2. The van der Waals surface area contributed by atoms with Crippen LogP contribution in [0.25, 0.3) is 0 Å². The number of halogens is 1. The summed E-state index contributed by atoms with van der Waals surface area (Å²) >= 11 is 5.39. The first-order chi connectivity index (χ1) is 5.61. The summed E-state index contributed by atoms with van der Waals surface area (Å²) in [4.78, 5) is 1.42. The summed E-state index contributed by atoms with van der Waals surface area (Å²) in [6.07, 6.45) is 2.16. The van der Waals surface area contributed by atoms with Gasteiger partial charge in [-0.05, 0) is 53.6 Å². The molecule has 0 radical (unpaired) electrons. The lowest BCUT2D eigenvalue weighted by Crippen LogP contribution is -2.15. The molecule has 0 aliphatic heterocycles. The van der Waals surface area contributed by atoms with E-state index in [0.29, 0.717) is 6.04 Å². The Balaban J connectivity index is 2.58. The van der Waals surface area contributed by atoms with Gasteiger partial charge in [-0.2, -0.15) is 0 Å². The van der Waals surface area contributed by atoms with Gasteiger partial charge in [0.15, 0.2) is 0 Å². The van der Waals surface area contributed by atoms with Gasteiger partial charge >= 0.3 is 0 Å². The Morgan fingerprint density at radius 2 is 2.33 bits per heavy atom. The molecule has 1 aromatic rings. The van der Waals surface area contributed by atoms with E-state index in [2.05, 4.69) is 28.2 Å². The first-order valence-corrected chi connectivity index (χ1v) is 5.76. The molecule has 1 nitrogen and oxygen atoms in total. The molecule has 0 spiro atoms. The lowest BCUT2D eigenvalue weighted by atomic mass is 10.1. The van der Waals surface area contributed by atoms with Crippen LogP contribution >= 0.6 is 27.3 Å². The minimum absolute atomic E-state index is 0.305. The van der Waals surface area contributed by atoms with Crippen LogP contribution in [0.5, 0.6) is 0 Å². The van der Waals surface area contributed by atoms with E-state index in [1.165, 1.54) is 14.9 Å². The third kappa shape index (κ3) is 2.57. The summed E-state index contributed by atoms with van der Waals surface area (Å²) in [7, 11) is 0. The van der Waals surface area contributed by atoms with Crippen LogP contribution in [-0.2, 0) is 6.42 Å². The van der Waals surface area contributed by atoms with Gasteiger partial charge in [-0.3, -0.25) is 0 Å². The average molecular weight is 248 g/mol. The Labute approximate surface area is 86.1 Å². The fourth-order valence-electron chi connectivity index (χ4n) is 1.01. The van der Waals surface area contributed by atoms with Crippen molar-refractivity contribution in [3.63, 3.8) is 0 Å². The van der Waals surface area contributed by atoms with Crippen molar-refractivity contribution in [2.24, 2.45) is 5.73 Å². The maximum absolute atomic E-state index is 5.69. The third-order valence-electron chi connectivity index (χ3n) is 1.80. The zero-order chi connectivity index (χ0) is 9.14. The van der Waals surface area contributed by atoms with Gasteiger partial charge in [-0.1, -0.05) is 0 Å². The highest BCUT2D eigenvalue weighted by molar-refractivity contribution is 9.10. The quantitative estimate of drug-likeness (QED) is 0.873. The van der Waals surface area contributed by atoms with E-state index in [0.717, 1.165) is 12.8 Å². The molecule has 2 N–H and O–H groups in total. The van der Waals surface area contributed by atoms with Crippen LogP contribution in [0.1, 0.15) is 23.8 Å². The molecule has 0 aromatic carbocycles. The van der Waals surface area contributed by atoms with Crippen LogP contribution in [0.3, 0.4) is 0 Å². The highest BCUT2D eigenvalue weighted by atomic mass is 79.9. The van der Waals surface area contributed by atoms with Gasteiger partial charge < -0.3 is 5.73 Å². The summed E-state index contributed by atoms with van der Waals surface area (Å²) in [5, 5.41) is 2.18. The van der Waals surface area contributed by atoms with Gasteiger partial charge in [0.2, 0.25) is 0 Å². The lowest BCUT2D eigenvalue weighted by Gasteiger charge is -2.02. The molecule has 1 heterocycles. The highest BCUT2D eigenvalue weighted by Crippen LogP contribution is 2.28. The van der Waals surface area contributed by atoms with Crippen molar-refractivity contribution < 1.29 is 0 Å². The first kappa shape index (κ1) is 10.2. The monoisotopic (exact) mass is 247 g/mol.